The normalized spacial score (nSPS) is 13.6. The highest BCUT2D eigenvalue weighted by atomic mass is 16.5. The van der Waals surface area contributed by atoms with Gasteiger partial charge in [-0.3, -0.25) is 9.79 Å². The summed E-state index contributed by atoms with van der Waals surface area (Å²) in [6, 6.07) is 27.5. The van der Waals surface area contributed by atoms with E-state index >= 15 is 0 Å². The van der Waals surface area contributed by atoms with Crippen molar-refractivity contribution in [1.29, 1.82) is 0 Å². The molecule has 1 amide bonds. The molecule has 0 aromatic heterocycles. The van der Waals surface area contributed by atoms with E-state index in [9.17, 15) is 4.79 Å². The van der Waals surface area contributed by atoms with Gasteiger partial charge in [0.1, 0.15) is 18.9 Å². The molecule has 1 heterocycles. The molecule has 0 bridgehead atoms. The van der Waals surface area contributed by atoms with Crippen LogP contribution in [-0.2, 0) is 4.79 Å². The van der Waals surface area contributed by atoms with Gasteiger partial charge in [0.2, 0.25) is 5.91 Å². The lowest BCUT2D eigenvalue weighted by Crippen LogP contribution is -2.36. The van der Waals surface area contributed by atoms with Gasteiger partial charge in [-0.1, -0.05) is 66.7 Å². The molecule has 0 atom stereocenters. The van der Waals surface area contributed by atoms with Crippen molar-refractivity contribution in [3.8, 4) is 5.75 Å². The Balaban J connectivity index is 1.60. The third-order valence-corrected chi connectivity index (χ3v) is 4.50. The highest BCUT2D eigenvalue weighted by Gasteiger charge is 2.24. The zero-order valence-corrected chi connectivity index (χ0v) is 14.9. The molecule has 0 spiro atoms. The first-order valence-electron chi connectivity index (χ1n) is 9.00. The predicted octanol–water partition coefficient (Wildman–Crippen LogP) is 3.95. The van der Waals surface area contributed by atoms with Crippen molar-refractivity contribution in [3.05, 3.63) is 96.1 Å². The maximum Gasteiger partial charge on any atom is 0.248 e. The molecular weight excluding hydrogens is 336 g/mol. The summed E-state index contributed by atoms with van der Waals surface area (Å²) >= 11 is 0. The maximum atomic E-state index is 12.8. The van der Waals surface area contributed by atoms with E-state index in [2.05, 4.69) is 4.99 Å². The predicted molar refractivity (Wildman–Crippen MR) is 108 cm³/mol. The Morgan fingerprint density at radius 1 is 0.852 bits per heavy atom. The Hall–Kier alpha value is -3.40. The molecule has 0 radical (unpaired) electrons. The summed E-state index contributed by atoms with van der Waals surface area (Å²) in [4.78, 5) is 19.2. The standard InChI is InChI=1S/C23H20N2O2/c26-22-17-24-23(18-9-3-1-4-10-18)20-13-7-8-14-21(20)25(22)15-16-27-19-11-5-2-6-12-19/h1-14H,15-17H2. The Morgan fingerprint density at radius 2 is 1.52 bits per heavy atom. The number of nitrogens with zero attached hydrogens (tertiary/aromatic N) is 2. The summed E-state index contributed by atoms with van der Waals surface area (Å²) in [6.45, 7) is 1.03. The van der Waals surface area contributed by atoms with Gasteiger partial charge in [0.05, 0.1) is 17.9 Å². The quantitative estimate of drug-likeness (QED) is 0.695. The second-order valence-electron chi connectivity index (χ2n) is 6.25. The van der Waals surface area contributed by atoms with Crippen LogP contribution in [0.25, 0.3) is 0 Å². The van der Waals surface area contributed by atoms with Gasteiger partial charge in [-0.05, 0) is 18.2 Å². The van der Waals surface area contributed by atoms with Crippen LogP contribution in [0, 0.1) is 0 Å². The van der Waals surface area contributed by atoms with E-state index in [1.54, 1.807) is 4.90 Å². The van der Waals surface area contributed by atoms with Crippen LogP contribution in [-0.4, -0.2) is 31.3 Å². The van der Waals surface area contributed by atoms with Gasteiger partial charge in [0, 0.05) is 11.1 Å². The fraction of sp³-hybridized carbons (Fsp3) is 0.130. The van der Waals surface area contributed by atoms with E-state index in [4.69, 9.17) is 4.74 Å². The molecular formula is C23H20N2O2. The number of para-hydroxylation sites is 2. The molecule has 0 N–H and O–H groups in total. The lowest BCUT2D eigenvalue weighted by atomic mass is 10.0. The Morgan fingerprint density at radius 3 is 2.30 bits per heavy atom. The second kappa shape index (κ2) is 7.87. The van der Waals surface area contributed by atoms with E-state index in [-0.39, 0.29) is 12.5 Å². The third kappa shape index (κ3) is 3.75. The molecule has 134 valence electrons. The van der Waals surface area contributed by atoms with Crippen LogP contribution < -0.4 is 9.64 Å². The minimum absolute atomic E-state index is 0.0231. The highest BCUT2D eigenvalue weighted by Crippen LogP contribution is 2.26. The minimum Gasteiger partial charge on any atom is -0.492 e. The number of benzene rings is 3. The molecule has 1 aliphatic rings. The second-order valence-corrected chi connectivity index (χ2v) is 6.25. The number of ether oxygens (including phenoxy) is 1. The monoisotopic (exact) mass is 356 g/mol. The van der Waals surface area contributed by atoms with Crippen molar-refractivity contribution >= 4 is 17.3 Å². The summed E-state index contributed by atoms with van der Waals surface area (Å²) in [5.74, 6) is 0.777. The molecule has 0 aliphatic carbocycles. The third-order valence-electron chi connectivity index (χ3n) is 4.50. The van der Waals surface area contributed by atoms with Crippen LogP contribution >= 0.6 is 0 Å². The van der Waals surface area contributed by atoms with E-state index < -0.39 is 0 Å². The molecule has 3 aromatic rings. The van der Waals surface area contributed by atoms with Crippen LogP contribution in [0.4, 0.5) is 5.69 Å². The SMILES string of the molecule is O=C1CN=C(c2ccccc2)c2ccccc2N1CCOc1ccccc1. The molecule has 0 fully saturated rings. The lowest BCUT2D eigenvalue weighted by molar-refractivity contribution is -0.117. The molecule has 4 rings (SSSR count). The molecule has 0 saturated carbocycles. The van der Waals surface area contributed by atoms with E-state index in [1.807, 2.05) is 84.9 Å². The topological polar surface area (TPSA) is 41.9 Å². The summed E-state index contributed by atoms with van der Waals surface area (Å²) in [5.41, 5.74) is 3.71. The van der Waals surface area contributed by atoms with Crippen molar-refractivity contribution < 1.29 is 9.53 Å². The number of amides is 1. The molecule has 1 aliphatic heterocycles. The van der Waals surface area contributed by atoms with Gasteiger partial charge in [-0.15, -0.1) is 0 Å². The van der Waals surface area contributed by atoms with Crippen LogP contribution in [0.2, 0.25) is 0 Å². The van der Waals surface area contributed by atoms with E-state index in [1.165, 1.54) is 0 Å². The smallest absolute Gasteiger partial charge is 0.248 e. The van der Waals surface area contributed by atoms with Crippen LogP contribution in [0.3, 0.4) is 0 Å². The number of hydrogen-bond donors (Lipinski definition) is 0. The number of carbonyl (C=O) groups excluding carboxylic acids is 1. The van der Waals surface area contributed by atoms with Gasteiger partial charge in [0.15, 0.2) is 0 Å². The summed E-state index contributed by atoms with van der Waals surface area (Å²) in [6.07, 6.45) is 0. The Kier molecular flexibility index (Phi) is 4.97. The van der Waals surface area contributed by atoms with Gasteiger partial charge < -0.3 is 9.64 Å². The highest BCUT2D eigenvalue weighted by molar-refractivity contribution is 6.19. The number of hydrogen-bond acceptors (Lipinski definition) is 3. The van der Waals surface area contributed by atoms with E-state index in [0.717, 1.165) is 28.3 Å². The molecule has 0 saturated heterocycles. The van der Waals surface area contributed by atoms with Crippen molar-refractivity contribution in [3.63, 3.8) is 0 Å². The zero-order valence-electron chi connectivity index (χ0n) is 14.9. The van der Waals surface area contributed by atoms with Crippen LogP contribution in [0.1, 0.15) is 11.1 Å². The first-order chi connectivity index (χ1) is 13.3. The Labute approximate surface area is 158 Å². The fourth-order valence-electron chi connectivity index (χ4n) is 3.22. The molecule has 0 unspecified atom stereocenters. The molecule has 27 heavy (non-hydrogen) atoms. The van der Waals surface area contributed by atoms with Crippen molar-refractivity contribution in [1.82, 2.24) is 0 Å². The van der Waals surface area contributed by atoms with Gasteiger partial charge in [0.25, 0.3) is 0 Å². The molecule has 4 nitrogen and oxygen atoms in total. The number of rotatable bonds is 5. The van der Waals surface area contributed by atoms with Crippen LogP contribution in [0.15, 0.2) is 89.9 Å². The number of aliphatic imine (C=N–C) groups is 1. The number of carbonyl (C=O) groups is 1. The molecule has 4 heteroatoms. The zero-order chi connectivity index (χ0) is 18.5. The van der Waals surface area contributed by atoms with Gasteiger partial charge >= 0.3 is 0 Å². The minimum atomic E-state index is -0.0231. The average Bonchev–Trinajstić information content (AvgIpc) is 2.86. The Bertz CT molecular complexity index is 952. The maximum absolute atomic E-state index is 12.8. The van der Waals surface area contributed by atoms with Gasteiger partial charge in [-0.2, -0.15) is 0 Å². The van der Waals surface area contributed by atoms with Crippen molar-refractivity contribution in [2.75, 3.05) is 24.6 Å². The summed E-state index contributed by atoms with van der Waals surface area (Å²) in [7, 11) is 0. The van der Waals surface area contributed by atoms with Crippen molar-refractivity contribution in [2.24, 2.45) is 4.99 Å². The number of anilines is 1. The fourth-order valence-corrected chi connectivity index (χ4v) is 3.22. The van der Waals surface area contributed by atoms with Crippen molar-refractivity contribution in [2.45, 2.75) is 0 Å². The summed E-state index contributed by atoms with van der Waals surface area (Å²) < 4.78 is 5.79. The molecule has 3 aromatic carbocycles. The number of fused-ring (bicyclic) bond motifs is 1. The average molecular weight is 356 g/mol. The summed E-state index contributed by atoms with van der Waals surface area (Å²) in [5, 5.41) is 0. The van der Waals surface area contributed by atoms with E-state index in [0.29, 0.717) is 13.2 Å². The first-order valence-corrected chi connectivity index (χ1v) is 9.00. The number of benzodiazepines with no additional fused rings is 1. The van der Waals surface area contributed by atoms with Gasteiger partial charge in [-0.25, -0.2) is 0 Å². The first kappa shape index (κ1) is 17.0. The largest absolute Gasteiger partial charge is 0.492 e. The lowest BCUT2D eigenvalue weighted by Gasteiger charge is -2.23. The van der Waals surface area contributed by atoms with Crippen LogP contribution in [0.5, 0.6) is 5.75 Å².